The summed E-state index contributed by atoms with van der Waals surface area (Å²) in [5.74, 6) is 0.907. The van der Waals surface area contributed by atoms with Crippen LogP contribution in [0.5, 0.6) is 0 Å². The van der Waals surface area contributed by atoms with Gasteiger partial charge in [-0.1, -0.05) is 19.9 Å². The van der Waals surface area contributed by atoms with Gasteiger partial charge in [0.15, 0.2) is 0 Å². The Morgan fingerprint density at radius 2 is 2.64 bits per heavy atom. The summed E-state index contributed by atoms with van der Waals surface area (Å²) in [6, 6.07) is 0.743. The predicted molar refractivity (Wildman–Crippen MR) is 57.6 cm³/mol. The number of nitrogens with zero attached hydrogens (tertiary/aromatic N) is 2. The zero-order chi connectivity index (χ0) is 9.97. The van der Waals surface area contributed by atoms with Crippen molar-refractivity contribution in [2.24, 2.45) is 5.92 Å². The number of hydrogen-bond acceptors (Lipinski definition) is 2. The maximum Gasteiger partial charge on any atom is 0.0538 e. The highest BCUT2D eigenvalue weighted by molar-refractivity contribution is 5.17. The molecule has 0 saturated heterocycles. The van der Waals surface area contributed by atoms with Crippen LogP contribution >= 0.6 is 0 Å². The molecule has 1 aromatic rings. The van der Waals surface area contributed by atoms with Crippen molar-refractivity contribution in [2.75, 3.05) is 0 Å². The zero-order valence-electron chi connectivity index (χ0n) is 8.61. The predicted octanol–water partition coefficient (Wildman–Crippen LogP) is 1.87. The monoisotopic (exact) mass is 191 g/mol. The first-order chi connectivity index (χ1) is 6.83. The SMILES string of the molecule is C=Cn1cc(CNC2CC2CC)cn1. The summed E-state index contributed by atoms with van der Waals surface area (Å²) in [6.07, 6.45) is 8.23. The van der Waals surface area contributed by atoms with Gasteiger partial charge in [-0.05, 0) is 12.3 Å². The van der Waals surface area contributed by atoms with E-state index in [2.05, 4.69) is 23.9 Å². The molecule has 2 atom stereocenters. The molecule has 1 aliphatic carbocycles. The van der Waals surface area contributed by atoms with Crippen LogP contribution in [0, 0.1) is 5.92 Å². The smallest absolute Gasteiger partial charge is 0.0538 e. The van der Waals surface area contributed by atoms with Crippen molar-refractivity contribution in [3.05, 3.63) is 24.5 Å². The Morgan fingerprint density at radius 1 is 1.79 bits per heavy atom. The van der Waals surface area contributed by atoms with E-state index in [1.54, 1.807) is 10.9 Å². The summed E-state index contributed by atoms with van der Waals surface area (Å²) in [5.41, 5.74) is 1.23. The molecular weight excluding hydrogens is 174 g/mol. The summed E-state index contributed by atoms with van der Waals surface area (Å²) < 4.78 is 1.74. The van der Waals surface area contributed by atoms with Gasteiger partial charge in [0.1, 0.15) is 0 Å². The van der Waals surface area contributed by atoms with E-state index in [1.165, 1.54) is 18.4 Å². The first kappa shape index (κ1) is 9.46. The van der Waals surface area contributed by atoms with Gasteiger partial charge in [0.25, 0.3) is 0 Å². The minimum Gasteiger partial charge on any atom is -0.310 e. The first-order valence-electron chi connectivity index (χ1n) is 5.22. The average molecular weight is 191 g/mol. The van der Waals surface area contributed by atoms with Crippen molar-refractivity contribution in [3.63, 3.8) is 0 Å². The van der Waals surface area contributed by atoms with Gasteiger partial charge in [0.2, 0.25) is 0 Å². The van der Waals surface area contributed by atoms with Gasteiger partial charge >= 0.3 is 0 Å². The lowest BCUT2D eigenvalue weighted by Crippen LogP contribution is -2.17. The van der Waals surface area contributed by atoms with E-state index in [4.69, 9.17) is 0 Å². The van der Waals surface area contributed by atoms with E-state index in [1.807, 2.05) is 12.4 Å². The van der Waals surface area contributed by atoms with Crippen LogP contribution in [0.25, 0.3) is 6.20 Å². The van der Waals surface area contributed by atoms with Gasteiger partial charge in [0, 0.05) is 30.5 Å². The molecule has 1 heterocycles. The molecule has 1 N–H and O–H groups in total. The molecule has 3 nitrogen and oxygen atoms in total. The van der Waals surface area contributed by atoms with E-state index in [0.29, 0.717) is 0 Å². The lowest BCUT2D eigenvalue weighted by molar-refractivity contribution is 0.623. The maximum atomic E-state index is 4.13. The molecule has 0 radical (unpaired) electrons. The third-order valence-corrected chi connectivity index (χ3v) is 2.86. The number of nitrogens with one attached hydrogen (secondary N) is 1. The Hall–Kier alpha value is -1.09. The molecule has 3 heteroatoms. The highest BCUT2D eigenvalue weighted by atomic mass is 15.2. The molecule has 14 heavy (non-hydrogen) atoms. The second-order valence-corrected chi connectivity index (χ2v) is 3.90. The van der Waals surface area contributed by atoms with E-state index >= 15 is 0 Å². The van der Waals surface area contributed by atoms with Crippen LogP contribution in [0.15, 0.2) is 19.0 Å². The van der Waals surface area contributed by atoms with Gasteiger partial charge in [-0.2, -0.15) is 5.10 Å². The van der Waals surface area contributed by atoms with Crippen LogP contribution in [0.1, 0.15) is 25.3 Å². The lowest BCUT2D eigenvalue weighted by atomic mass is 10.3. The molecule has 0 amide bonds. The summed E-state index contributed by atoms with van der Waals surface area (Å²) in [6.45, 7) is 6.83. The number of rotatable bonds is 5. The summed E-state index contributed by atoms with van der Waals surface area (Å²) in [4.78, 5) is 0. The number of aromatic nitrogens is 2. The topological polar surface area (TPSA) is 29.9 Å². The molecule has 0 bridgehead atoms. The molecule has 2 unspecified atom stereocenters. The van der Waals surface area contributed by atoms with Crippen molar-refractivity contribution in [2.45, 2.75) is 32.4 Å². The van der Waals surface area contributed by atoms with Crippen LogP contribution < -0.4 is 5.32 Å². The van der Waals surface area contributed by atoms with Crippen molar-refractivity contribution in [3.8, 4) is 0 Å². The molecule has 0 aromatic carbocycles. The average Bonchev–Trinajstić information content (AvgIpc) is 2.83. The van der Waals surface area contributed by atoms with Gasteiger partial charge in [-0.25, -0.2) is 4.68 Å². The molecule has 76 valence electrons. The van der Waals surface area contributed by atoms with Gasteiger partial charge in [-0.3, -0.25) is 0 Å². The van der Waals surface area contributed by atoms with Gasteiger partial charge < -0.3 is 5.32 Å². The van der Waals surface area contributed by atoms with Crippen LogP contribution in [0.2, 0.25) is 0 Å². The van der Waals surface area contributed by atoms with E-state index < -0.39 is 0 Å². The Morgan fingerprint density at radius 3 is 3.21 bits per heavy atom. The molecule has 1 fully saturated rings. The summed E-state index contributed by atoms with van der Waals surface area (Å²) in [5, 5.41) is 7.65. The normalized spacial score (nSPS) is 24.9. The molecule has 2 rings (SSSR count). The van der Waals surface area contributed by atoms with E-state index in [0.717, 1.165) is 18.5 Å². The maximum absolute atomic E-state index is 4.13. The van der Waals surface area contributed by atoms with Crippen molar-refractivity contribution >= 4 is 6.20 Å². The summed E-state index contributed by atoms with van der Waals surface area (Å²) in [7, 11) is 0. The zero-order valence-corrected chi connectivity index (χ0v) is 8.61. The molecule has 0 spiro atoms. The third-order valence-electron chi connectivity index (χ3n) is 2.86. The van der Waals surface area contributed by atoms with Crippen molar-refractivity contribution in [1.82, 2.24) is 15.1 Å². The second kappa shape index (κ2) is 3.96. The fourth-order valence-corrected chi connectivity index (χ4v) is 1.77. The van der Waals surface area contributed by atoms with Crippen LogP contribution in [0.3, 0.4) is 0 Å². The highest BCUT2D eigenvalue weighted by Crippen LogP contribution is 2.33. The van der Waals surface area contributed by atoms with Crippen molar-refractivity contribution < 1.29 is 0 Å². The van der Waals surface area contributed by atoms with Crippen LogP contribution in [0.4, 0.5) is 0 Å². The molecule has 1 aromatic heterocycles. The fourth-order valence-electron chi connectivity index (χ4n) is 1.77. The van der Waals surface area contributed by atoms with Gasteiger partial charge in [-0.15, -0.1) is 0 Å². The largest absolute Gasteiger partial charge is 0.310 e. The first-order valence-corrected chi connectivity index (χ1v) is 5.22. The van der Waals surface area contributed by atoms with Gasteiger partial charge in [0.05, 0.1) is 6.20 Å². The Bertz CT molecular complexity index is 316. The van der Waals surface area contributed by atoms with Crippen LogP contribution in [-0.2, 0) is 6.54 Å². The second-order valence-electron chi connectivity index (χ2n) is 3.90. The molecule has 1 aliphatic rings. The Balaban J connectivity index is 1.78. The fraction of sp³-hybridized carbons (Fsp3) is 0.545. The minimum absolute atomic E-state index is 0.743. The van der Waals surface area contributed by atoms with Crippen LogP contribution in [-0.4, -0.2) is 15.8 Å². The van der Waals surface area contributed by atoms with E-state index in [9.17, 15) is 0 Å². The Kier molecular flexibility index (Phi) is 2.68. The standard InChI is InChI=1S/C11H17N3/c1-3-10-5-11(10)12-6-9-7-13-14(4-2)8-9/h4,7-8,10-12H,2-3,5-6H2,1H3. The molecule has 1 saturated carbocycles. The molecular formula is C11H17N3. The summed E-state index contributed by atoms with van der Waals surface area (Å²) >= 11 is 0. The third kappa shape index (κ3) is 2.04. The Labute approximate surface area is 84.8 Å². The number of hydrogen-bond donors (Lipinski definition) is 1. The minimum atomic E-state index is 0.743. The van der Waals surface area contributed by atoms with Crippen molar-refractivity contribution in [1.29, 1.82) is 0 Å². The quantitative estimate of drug-likeness (QED) is 0.770. The lowest BCUT2D eigenvalue weighted by Gasteiger charge is -1.99. The van der Waals surface area contributed by atoms with E-state index in [-0.39, 0.29) is 0 Å². The highest BCUT2D eigenvalue weighted by Gasteiger charge is 2.34. The molecule has 0 aliphatic heterocycles.